The van der Waals surface area contributed by atoms with E-state index in [-0.39, 0.29) is 5.01 Å². The van der Waals surface area contributed by atoms with Crippen LogP contribution < -0.4 is 0 Å². The van der Waals surface area contributed by atoms with Crippen LogP contribution >= 0.6 is 46.1 Å². The second kappa shape index (κ2) is 5.18. The number of hydrogen-bond donors (Lipinski definition) is 0. The number of rotatable bonds is 3. The summed E-state index contributed by atoms with van der Waals surface area (Å²) in [5.74, 6) is 0.550. The van der Waals surface area contributed by atoms with E-state index in [0.29, 0.717) is 10.1 Å². The van der Waals surface area contributed by atoms with E-state index in [1.807, 2.05) is 6.92 Å². The van der Waals surface area contributed by atoms with E-state index < -0.39 is 15.0 Å². The summed E-state index contributed by atoms with van der Waals surface area (Å²) >= 11 is 16.7. The molecule has 0 fully saturated rings. The average molecular weight is 294 g/mol. The number of hydrogen-bond acceptors (Lipinski definition) is 4. The Morgan fingerprint density at radius 3 is 2.50 bits per heavy atom. The molecule has 0 aromatic carbocycles. The lowest BCUT2D eigenvalue weighted by Gasteiger charge is -2.04. The zero-order valence-electron chi connectivity index (χ0n) is 7.17. The van der Waals surface area contributed by atoms with E-state index >= 15 is 0 Å². The highest BCUT2D eigenvalue weighted by molar-refractivity contribution is 7.93. The molecule has 0 saturated heterocycles. The Bertz CT molecular complexity index is 302. The summed E-state index contributed by atoms with van der Waals surface area (Å²) < 4.78 is 10.3. The fraction of sp³-hybridized carbons (Fsp3) is 0.667. The maximum absolute atomic E-state index is 11.5. The Hall–Kier alpha value is 0.740. The first-order chi connectivity index (χ1) is 6.45. The topological polar surface area (TPSA) is 48.8 Å². The Morgan fingerprint density at radius 2 is 2.07 bits per heavy atom. The van der Waals surface area contributed by atoms with E-state index in [1.165, 1.54) is 0 Å². The molecule has 0 bridgehead atoms. The molecule has 1 atom stereocenters. The van der Waals surface area contributed by atoms with Gasteiger partial charge in [0.15, 0.2) is 5.01 Å². The van der Waals surface area contributed by atoms with Gasteiger partial charge >= 0.3 is 4.34 Å². The molecule has 1 aromatic heterocycles. The van der Waals surface area contributed by atoms with Crippen molar-refractivity contribution in [1.82, 2.24) is 10.2 Å². The van der Waals surface area contributed by atoms with Crippen LogP contribution in [-0.4, -0.2) is 20.5 Å². The Labute approximate surface area is 104 Å². The Kier molecular flexibility index (Phi) is 4.74. The Balaban J connectivity index is 2.78. The van der Waals surface area contributed by atoms with Gasteiger partial charge in [0.25, 0.3) is 0 Å². The predicted octanol–water partition coefficient (Wildman–Crippen LogP) is 2.88. The fourth-order valence-electron chi connectivity index (χ4n) is 0.689. The highest BCUT2D eigenvalue weighted by atomic mass is 35.6. The molecule has 0 saturated carbocycles. The zero-order chi connectivity index (χ0) is 10.8. The van der Waals surface area contributed by atoms with Crippen molar-refractivity contribution in [1.29, 1.82) is 0 Å². The normalized spacial score (nSPS) is 14.4. The predicted molar refractivity (Wildman–Crippen MR) is 60.7 cm³/mol. The molecule has 1 heterocycles. The molecule has 0 radical (unpaired) electrons. The maximum atomic E-state index is 11.5. The minimum Gasteiger partial charge on any atom is -0.610 e. The summed E-state index contributed by atoms with van der Waals surface area (Å²) in [7, 11) is 0. The zero-order valence-corrected chi connectivity index (χ0v) is 11.1. The van der Waals surface area contributed by atoms with Crippen LogP contribution in [0.2, 0.25) is 0 Å². The molecule has 0 aliphatic carbocycles. The van der Waals surface area contributed by atoms with Gasteiger partial charge in [-0.05, 0) is 17.8 Å². The van der Waals surface area contributed by atoms with Crippen molar-refractivity contribution in [2.45, 2.75) is 21.5 Å². The first-order valence-electron chi connectivity index (χ1n) is 3.74. The van der Waals surface area contributed by atoms with Gasteiger partial charge in [0.2, 0.25) is 3.79 Å². The van der Waals surface area contributed by atoms with Crippen molar-refractivity contribution in [3.05, 3.63) is 5.01 Å². The van der Waals surface area contributed by atoms with Crippen molar-refractivity contribution in [2.24, 2.45) is 0 Å². The van der Waals surface area contributed by atoms with Gasteiger partial charge < -0.3 is 4.55 Å². The molecule has 1 rings (SSSR count). The third-order valence-corrected chi connectivity index (χ3v) is 5.00. The monoisotopic (exact) mass is 292 g/mol. The summed E-state index contributed by atoms with van der Waals surface area (Å²) in [6.45, 7) is 1.94. The summed E-state index contributed by atoms with van der Waals surface area (Å²) in [5.41, 5.74) is 0. The SMILES string of the molecule is CCC[S+]([O-])c1nnc(C(Cl)(Cl)Cl)s1. The quantitative estimate of drug-likeness (QED) is 0.636. The molecule has 0 aliphatic rings. The summed E-state index contributed by atoms with van der Waals surface area (Å²) in [5, 5.41) is 7.64. The van der Waals surface area contributed by atoms with Gasteiger partial charge in [0.05, 0.1) is 0 Å². The van der Waals surface area contributed by atoms with E-state index in [4.69, 9.17) is 34.8 Å². The van der Waals surface area contributed by atoms with Gasteiger partial charge in [-0.3, -0.25) is 0 Å². The highest BCUT2D eigenvalue weighted by Gasteiger charge is 2.30. The first-order valence-corrected chi connectivity index (χ1v) is 7.01. The lowest BCUT2D eigenvalue weighted by molar-refractivity contribution is 0.591. The lowest BCUT2D eigenvalue weighted by atomic mass is 10.6. The molecule has 0 aliphatic heterocycles. The highest BCUT2D eigenvalue weighted by Crippen LogP contribution is 2.40. The molecule has 80 valence electrons. The van der Waals surface area contributed by atoms with Gasteiger partial charge in [-0.25, -0.2) is 0 Å². The van der Waals surface area contributed by atoms with Crippen LogP contribution in [0, 0.1) is 0 Å². The molecular weight excluding hydrogens is 287 g/mol. The van der Waals surface area contributed by atoms with E-state index in [9.17, 15) is 4.55 Å². The lowest BCUT2D eigenvalue weighted by Crippen LogP contribution is -2.05. The van der Waals surface area contributed by atoms with Crippen LogP contribution in [0.5, 0.6) is 0 Å². The van der Waals surface area contributed by atoms with E-state index in [1.54, 1.807) is 0 Å². The van der Waals surface area contributed by atoms with Gasteiger partial charge in [-0.15, -0.1) is 5.10 Å². The number of nitrogens with zero attached hydrogens (tertiary/aromatic N) is 2. The molecule has 1 aromatic rings. The van der Waals surface area contributed by atoms with Crippen molar-refractivity contribution in [2.75, 3.05) is 5.75 Å². The third kappa shape index (κ3) is 3.40. The van der Waals surface area contributed by atoms with E-state index in [0.717, 1.165) is 17.8 Å². The summed E-state index contributed by atoms with van der Waals surface area (Å²) in [6.07, 6.45) is 0.815. The first kappa shape index (κ1) is 12.8. The van der Waals surface area contributed by atoms with Crippen molar-refractivity contribution in [3.63, 3.8) is 0 Å². The van der Waals surface area contributed by atoms with Gasteiger partial charge in [0.1, 0.15) is 5.75 Å². The van der Waals surface area contributed by atoms with Crippen LogP contribution in [0.4, 0.5) is 0 Å². The number of halogens is 3. The third-order valence-electron chi connectivity index (χ3n) is 1.23. The second-order valence-electron chi connectivity index (χ2n) is 2.42. The molecule has 3 nitrogen and oxygen atoms in total. The minimum absolute atomic E-state index is 0.252. The number of aromatic nitrogens is 2. The number of alkyl halides is 3. The van der Waals surface area contributed by atoms with Crippen LogP contribution in [-0.2, 0) is 15.0 Å². The molecule has 0 amide bonds. The smallest absolute Gasteiger partial charge is 0.321 e. The second-order valence-corrected chi connectivity index (χ2v) is 7.42. The van der Waals surface area contributed by atoms with Crippen molar-refractivity contribution < 1.29 is 4.55 Å². The van der Waals surface area contributed by atoms with Gasteiger partial charge in [-0.1, -0.05) is 46.8 Å². The average Bonchev–Trinajstić information content (AvgIpc) is 2.51. The van der Waals surface area contributed by atoms with Gasteiger partial charge in [0, 0.05) is 11.2 Å². The Morgan fingerprint density at radius 1 is 1.43 bits per heavy atom. The standard InChI is InChI=1S/C6H7Cl3N2OS2/c1-2-3-14(12)5-11-10-4(13-5)6(7,8)9/h2-3H2,1H3. The fourth-order valence-corrected chi connectivity index (χ4v) is 3.13. The summed E-state index contributed by atoms with van der Waals surface area (Å²) in [6, 6.07) is 0. The van der Waals surface area contributed by atoms with Crippen molar-refractivity contribution >= 4 is 57.3 Å². The largest absolute Gasteiger partial charge is 0.610 e. The van der Waals surface area contributed by atoms with E-state index in [2.05, 4.69) is 10.2 Å². The molecule has 1 unspecified atom stereocenters. The minimum atomic E-state index is -1.58. The van der Waals surface area contributed by atoms with Crippen molar-refractivity contribution in [3.8, 4) is 0 Å². The van der Waals surface area contributed by atoms with Crippen LogP contribution in [0.3, 0.4) is 0 Å². The van der Waals surface area contributed by atoms with Gasteiger partial charge in [-0.2, -0.15) is 0 Å². The van der Waals surface area contributed by atoms with Crippen LogP contribution in [0.25, 0.3) is 0 Å². The van der Waals surface area contributed by atoms with Crippen LogP contribution in [0.15, 0.2) is 4.34 Å². The summed E-state index contributed by atoms with van der Waals surface area (Å²) in [4.78, 5) is 0. The maximum Gasteiger partial charge on any atom is 0.321 e. The molecule has 14 heavy (non-hydrogen) atoms. The molecule has 0 spiro atoms. The molecular formula is C6H7Cl3N2OS2. The molecule has 0 N–H and O–H groups in total. The van der Waals surface area contributed by atoms with Crippen LogP contribution in [0.1, 0.15) is 18.4 Å². The molecule has 8 heteroatoms.